The van der Waals surface area contributed by atoms with Gasteiger partial charge in [0.15, 0.2) is 0 Å². The first-order chi connectivity index (χ1) is 9.76. The van der Waals surface area contributed by atoms with Crippen molar-refractivity contribution in [3.05, 3.63) is 58.6 Å². The fourth-order valence-corrected chi connectivity index (χ4v) is 2.44. The molecule has 1 saturated carbocycles. The average molecular weight is 283 g/mol. The van der Waals surface area contributed by atoms with Gasteiger partial charge in [-0.1, -0.05) is 29.8 Å². The van der Waals surface area contributed by atoms with Crippen molar-refractivity contribution in [3.8, 4) is 17.2 Å². The molecule has 0 amide bonds. The summed E-state index contributed by atoms with van der Waals surface area (Å²) in [6.45, 7) is 0.841. The molecule has 20 heavy (non-hydrogen) atoms. The topological polar surface area (TPSA) is 35.8 Å². The minimum atomic E-state index is 0.670. The van der Waals surface area contributed by atoms with Crippen molar-refractivity contribution in [2.24, 2.45) is 0 Å². The molecule has 0 unspecified atom stereocenters. The summed E-state index contributed by atoms with van der Waals surface area (Å²) < 4.78 is 0. The molecule has 0 saturated heterocycles. The van der Waals surface area contributed by atoms with Crippen LogP contribution >= 0.6 is 11.6 Å². The van der Waals surface area contributed by atoms with Gasteiger partial charge in [-0.2, -0.15) is 5.26 Å². The second kappa shape index (κ2) is 5.66. The van der Waals surface area contributed by atoms with Crippen LogP contribution in [0.3, 0.4) is 0 Å². The van der Waals surface area contributed by atoms with Crippen LogP contribution in [0.15, 0.2) is 42.5 Å². The fourth-order valence-electron chi connectivity index (χ4n) is 2.27. The zero-order valence-corrected chi connectivity index (χ0v) is 11.8. The van der Waals surface area contributed by atoms with Gasteiger partial charge >= 0.3 is 0 Å². The van der Waals surface area contributed by atoms with Gasteiger partial charge in [-0.15, -0.1) is 0 Å². The molecule has 2 aromatic carbocycles. The molecule has 1 N–H and O–H groups in total. The second-order valence-corrected chi connectivity index (χ2v) is 5.59. The first kappa shape index (κ1) is 13.2. The fraction of sp³-hybridized carbons (Fsp3) is 0.235. The van der Waals surface area contributed by atoms with E-state index in [0.717, 1.165) is 22.7 Å². The maximum Gasteiger partial charge on any atom is 0.0991 e. The highest BCUT2D eigenvalue weighted by atomic mass is 35.5. The number of rotatable bonds is 4. The van der Waals surface area contributed by atoms with Crippen LogP contribution in [-0.4, -0.2) is 6.04 Å². The van der Waals surface area contributed by atoms with Crippen LogP contribution in [0.5, 0.6) is 0 Å². The smallest absolute Gasteiger partial charge is 0.0991 e. The Hall–Kier alpha value is -1.82. The average Bonchev–Trinajstić information content (AvgIpc) is 3.30. The molecule has 0 spiro atoms. The van der Waals surface area contributed by atoms with Gasteiger partial charge in [-0.25, -0.2) is 0 Å². The summed E-state index contributed by atoms with van der Waals surface area (Å²) in [5, 5.41) is 13.3. The molecular formula is C17H15ClN2. The van der Waals surface area contributed by atoms with Gasteiger partial charge in [0.25, 0.3) is 0 Å². The van der Waals surface area contributed by atoms with Crippen LogP contribution in [0, 0.1) is 11.3 Å². The van der Waals surface area contributed by atoms with E-state index in [1.165, 1.54) is 18.4 Å². The second-order valence-electron chi connectivity index (χ2n) is 5.15. The van der Waals surface area contributed by atoms with E-state index < -0.39 is 0 Å². The molecule has 0 heterocycles. The van der Waals surface area contributed by atoms with E-state index in [-0.39, 0.29) is 0 Å². The number of halogens is 1. The van der Waals surface area contributed by atoms with E-state index in [4.69, 9.17) is 16.9 Å². The molecule has 1 aliphatic rings. The minimum Gasteiger partial charge on any atom is -0.310 e. The van der Waals surface area contributed by atoms with E-state index in [0.29, 0.717) is 11.6 Å². The Morgan fingerprint density at radius 1 is 1.20 bits per heavy atom. The molecular weight excluding hydrogens is 268 g/mol. The summed E-state index contributed by atoms with van der Waals surface area (Å²) in [5.41, 5.74) is 4.03. The Morgan fingerprint density at radius 3 is 2.80 bits per heavy atom. The summed E-state index contributed by atoms with van der Waals surface area (Å²) in [6.07, 6.45) is 2.54. The van der Waals surface area contributed by atoms with Crippen molar-refractivity contribution >= 4 is 11.6 Å². The van der Waals surface area contributed by atoms with Crippen LogP contribution in [0.25, 0.3) is 11.1 Å². The molecule has 3 rings (SSSR count). The van der Waals surface area contributed by atoms with Crippen LogP contribution in [0.1, 0.15) is 24.0 Å². The lowest BCUT2D eigenvalue weighted by Gasteiger charge is -2.11. The third-order valence-electron chi connectivity index (χ3n) is 3.53. The number of hydrogen-bond donors (Lipinski definition) is 1. The molecule has 1 aliphatic carbocycles. The third-order valence-corrected chi connectivity index (χ3v) is 3.77. The summed E-state index contributed by atoms with van der Waals surface area (Å²) in [6, 6.07) is 16.5. The number of nitrogens with one attached hydrogen (secondary N) is 1. The van der Waals surface area contributed by atoms with E-state index in [1.807, 2.05) is 36.4 Å². The van der Waals surface area contributed by atoms with Crippen molar-refractivity contribution in [2.75, 3.05) is 0 Å². The predicted molar refractivity (Wildman–Crippen MR) is 81.5 cm³/mol. The molecule has 0 aliphatic heterocycles. The van der Waals surface area contributed by atoms with Gasteiger partial charge in [0, 0.05) is 17.6 Å². The van der Waals surface area contributed by atoms with Crippen molar-refractivity contribution in [3.63, 3.8) is 0 Å². The monoisotopic (exact) mass is 282 g/mol. The predicted octanol–water partition coefficient (Wildman–Crippen LogP) is 4.13. The molecule has 1 fully saturated rings. The lowest BCUT2D eigenvalue weighted by atomic mass is 9.98. The van der Waals surface area contributed by atoms with Gasteiger partial charge < -0.3 is 5.32 Å². The molecule has 0 radical (unpaired) electrons. The first-order valence-corrected chi connectivity index (χ1v) is 7.16. The number of benzene rings is 2. The van der Waals surface area contributed by atoms with Crippen molar-refractivity contribution < 1.29 is 0 Å². The van der Waals surface area contributed by atoms with Crippen LogP contribution in [-0.2, 0) is 6.54 Å². The number of nitriles is 1. The Balaban J connectivity index is 1.96. The normalized spacial score (nSPS) is 14.0. The Labute approximate surface area is 124 Å². The zero-order valence-electron chi connectivity index (χ0n) is 11.1. The lowest BCUT2D eigenvalue weighted by molar-refractivity contribution is 0.689. The van der Waals surface area contributed by atoms with Crippen LogP contribution in [0.4, 0.5) is 0 Å². The SMILES string of the molecule is N#Cc1cccc(-c2cc(Cl)ccc2CNC2CC2)c1. The number of nitrogens with zero attached hydrogens (tertiary/aromatic N) is 1. The molecule has 0 bridgehead atoms. The minimum absolute atomic E-state index is 0.670. The van der Waals surface area contributed by atoms with Gasteiger partial charge in [0.2, 0.25) is 0 Å². The highest BCUT2D eigenvalue weighted by molar-refractivity contribution is 6.30. The van der Waals surface area contributed by atoms with Gasteiger partial charge in [0.05, 0.1) is 11.6 Å². The van der Waals surface area contributed by atoms with Crippen molar-refractivity contribution in [2.45, 2.75) is 25.4 Å². The standard InChI is InChI=1S/C17H15ClN2/c18-15-5-4-14(11-20-16-6-7-16)17(9-15)13-3-1-2-12(8-13)10-19/h1-5,8-9,16,20H,6-7,11H2. The Bertz CT molecular complexity index is 669. The Morgan fingerprint density at radius 2 is 2.05 bits per heavy atom. The summed E-state index contributed by atoms with van der Waals surface area (Å²) in [5.74, 6) is 0. The van der Waals surface area contributed by atoms with Crippen LogP contribution < -0.4 is 5.32 Å². The highest BCUT2D eigenvalue weighted by Gasteiger charge is 2.20. The summed E-state index contributed by atoms with van der Waals surface area (Å²) in [7, 11) is 0. The van der Waals surface area contributed by atoms with E-state index in [9.17, 15) is 0 Å². The van der Waals surface area contributed by atoms with E-state index in [1.54, 1.807) is 0 Å². The van der Waals surface area contributed by atoms with Crippen molar-refractivity contribution in [1.82, 2.24) is 5.32 Å². The molecule has 100 valence electrons. The largest absolute Gasteiger partial charge is 0.310 e. The van der Waals surface area contributed by atoms with Crippen molar-refractivity contribution in [1.29, 1.82) is 5.26 Å². The van der Waals surface area contributed by atoms with Gasteiger partial charge in [-0.05, 0) is 53.8 Å². The lowest BCUT2D eigenvalue weighted by Crippen LogP contribution is -2.15. The van der Waals surface area contributed by atoms with Gasteiger partial charge in [-0.3, -0.25) is 0 Å². The van der Waals surface area contributed by atoms with E-state index >= 15 is 0 Å². The third kappa shape index (κ3) is 3.01. The van der Waals surface area contributed by atoms with Gasteiger partial charge in [0.1, 0.15) is 0 Å². The quantitative estimate of drug-likeness (QED) is 0.915. The Kier molecular flexibility index (Phi) is 3.73. The molecule has 0 aromatic heterocycles. The highest BCUT2D eigenvalue weighted by Crippen LogP contribution is 2.28. The summed E-state index contributed by atoms with van der Waals surface area (Å²) in [4.78, 5) is 0. The molecule has 0 atom stereocenters. The molecule has 3 heteroatoms. The first-order valence-electron chi connectivity index (χ1n) is 6.78. The number of hydrogen-bond acceptors (Lipinski definition) is 2. The van der Waals surface area contributed by atoms with E-state index in [2.05, 4.69) is 17.5 Å². The molecule has 2 nitrogen and oxygen atoms in total. The maximum atomic E-state index is 9.03. The van der Waals surface area contributed by atoms with Crippen LogP contribution in [0.2, 0.25) is 5.02 Å². The summed E-state index contributed by atoms with van der Waals surface area (Å²) >= 11 is 6.13. The molecule has 2 aromatic rings. The maximum absolute atomic E-state index is 9.03. The zero-order chi connectivity index (χ0) is 13.9.